The van der Waals surface area contributed by atoms with Crippen LogP contribution in [0.1, 0.15) is 32.1 Å². The third kappa shape index (κ3) is 3.94. The number of nitrogens with one attached hydrogen (secondary N) is 1. The second kappa shape index (κ2) is 8.55. The van der Waals surface area contributed by atoms with Gasteiger partial charge >= 0.3 is 6.03 Å². The van der Waals surface area contributed by atoms with Crippen LogP contribution in [0, 0.1) is 0 Å². The lowest BCUT2D eigenvalue weighted by molar-refractivity contribution is -0.136. The first-order valence-corrected chi connectivity index (χ1v) is 9.45. The van der Waals surface area contributed by atoms with E-state index in [1.807, 2.05) is 0 Å². The van der Waals surface area contributed by atoms with Gasteiger partial charge in [0.2, 0.25) is 11.8 Å². The Labute approximate surface area is 164 Å². The Hall–Kier alpha value is -2.68. The molecule has 1 aliphatic carbocycles. The zero-order valence-electron chi connectivity index (χ0n) is 16.3. The summed E-state index contributed by atoms with van der Waals surface area (Å²) in [4.78, 5) is 44.5. The van der Waals surface area contributed by atoms with Gasteiger partial charge in [-0.1, -0.05) is 19.3 Å². The Bertz CT molecular complexity index is 730. The summed E-state index contributed by atoms with van der Waals surface area (Å²) in [7, 11) is 3.23. The molecule has 1 saturated heterocycles. The lowest BCUT2D eigenvalue weighted by Gasteiger charge is -2.35. The van der Waals surface area contributed by atoms with Crippen molar-refractivity contribution in [3.63, 3.8) is 0 Å². The van der Waals surface area contributed by atoms with E-state index < -0.39 is 17.5 Å². The summed E-state index contributed by atoms with van der Waals surface area (Å²) in [5.41, 5.74) is -0.317. The zero-order chi connectivity index (χ0) is 20.1. The van der Waals surface area contributed by atoms with Gasteiger partial charge in [0, 0.05) is 20.2 Å². The highest BCUT2D eigenvalue weighted by Gasteiger charge is 2.55. The SMILES string of the molecule is COCCOc1ccc(NC(=O)CN2C(=O)N(C)C3(CCCCC3)C2=O)cn1. The molecule has 0 unspecified atom stereocenters. The molecule has 1 N–H and O–H groups in total. The molecular formula is C19H26N4O5. The largest absolute Gasteiger partial charge is 0.475 e. The van der Waals surface area contributed by atoms with Crippen LogP contribution in [0.2, 0.25) is 0 Å². The molecule has 0 atom stereocenters. The lowest BCUT2D eigenvalue weighted by atomic mass is 9.81. The lowest BCUT2D eigenvalue weighted by Crippen LogP contribution is -2.49. The number of urea groups is 1. The molecule has 2 fully saturated rings. The molecule has 0 aromatic carbocycles. The maximum Gasteiger partial charge on any atom is 0.327 e. The average Bonchev–Trinajstić information content (AvgIpc) is 2.86. The van der Waals surface area contributed by atoms with Crippen LogP contribution in [0.15, 0.2) is 18.3 Å². The molecule has 1 aromatic rings. The van der Waals surface area contributed by atoms with E-state index in [0.29, 0.717) is 37.6 Å². The summed E-state index contributed by atoms with van der Waals surface area (Å²) < 4.78 is 10.3. The minimum atomic E-state index is -0.779. The molecule has 9 nitrogen and oxygen atoms in total. The number of carbonyl (C=O) groups excluding carboxylic acids is 3. The standard InChI is InChI=1S/C19H26N4O5/c1-22-18(26)23(17(25)19(22)8-4-3-5-9-19)13-15(24)21-14-6-7-16(20-12-14)28-11-10-27-2/h6-7,12H,3-5,8-11,13H2,1-2H3,(H,21,24). The summed E-state index contributed by atoms with van der Waals surface area (Å²) in [6.45, 7) is 0.521. The second-order valence-electron chi connectivity index (χ2n) is 7.10. The van der Waals surface area contributed by atoms with E-state index in [4.69, 9.17) is 9.47 Å². The van der Waals surface area contributed by atoms with Crippen LogP contribution < -0.4 is 10.1 Å². The van der Waals surface area contributed by atoms with Gasteiger partial charge in [-0.15, -0.1) is 0 Å². The molecular weight excluding hydrogens is 364 g/mol. The van der Waals surface area contributed by atoms with E-state index in [1.165, 1.54) is 11.1 Å². The number of hydrogen-bond donors (Lipinski definition) is 1. The fourth-order valence-electron chi connectivity index (χ4n) is 3.78. The molecule has 1 spiro atoms. The first-order valence-electron chi connectivity index (χ1n) is 9.45. The van der Waals surface area contributed by atoms with Crippen molar-refractivity contribution in [2.75, 3.05) is 39.2 Å². The maximum absolute atomic E-state index is 12.9. The van der Waals surface area contributed by atoms with Crippen LogP contribution in [0.3, 0.4) is 0 Å². The first-order chi connectivity index (χ1) is 13.5. The number of imide groups is 1. The number of ether oxygens (including phenoxy) is 2. The molecule has 1 saturated carbocycles. The number of methoxy groups -OCH3 is 1. The second-order valence-corrected chi connectivity index (χ2v) is 7.10. The highest BCUT2D eigenvalue weighted by molar-refractivity contribution is 6.10. The number of likely N-dealkylation sites (N-methyl/N-ethyl adjacent to an activating group) is 1. The van der Waals surface area contributed by atoms with E-state index in [-0.39, 0.29) is 12.5 Å². The quantitative estimate of drug-likeness (QED) is 0.561. The minimum absolute atomic E-state index is 0.269. The van der Waals surface area contributed by atoms with E-state index in [2.05, 4.69) is 10.3 Å². The Kier molecular flexibility index (Phi) is 6.13. The molecule has 9 heteroatoms. The van der Waals surface area contributed by atoms with Gasteiger partial charge < -0.3 is 19.7 Å². The normalized spacial score (nSPS) is 18.6. The van der Waals surface area contributed by atoms with E-state index in [9.17, 15) is 14.4 Å². The molecule has 2 aliphatic rings. The highest BCUT2D eigenvalue weighted by atomic mass is 16.5. The van der Waals surface area contributed by atoms with Gasteiger partial charge in [0.05, 0.1) is 18.5 Å². The third-order valence-electron chi connectivity index (χ3n) is 5.34. The Morgan fingerprint density at radius 3 is 2.61 bits per heavy atom. The molecule has 1 aliphatic heterocycles. The summed E-state index contributed by atoms with van der Waals surface area (Å²) in [5, 5.41) is 2.66. The Morgan fingerprint density at radius 2 is 1.96 bits per heavy atom. The van der Waals surface area contributed by atoms with Gasteiger partial charge in [-0.2, -0.15) is 0 Å². The van der Waals surface area contributed by atoms with Crippen molar-refractivity contribution in [3.8, 4) is 5.88 Å². The number of amides is 4. The van der Waals surface area contributed by atoms with Crippen LogP contribution >= 0.6 is 0 Å². The smallest absolute Gasteiger partial charge is 0.327 e. The monoisotopic (exact) mass is 390 g/mol. The minimum Gasteiger partial charge on any atom is -0.475 e. The van der Waals surface area contributed by atoms with Gasteiger partial charge in [-0.05, 0) is 18.9 Å². The number of aromatic nitrogens is 1. The Morgan fingerprint density at radius 1 is 1.21 bits per heavy atom. The number of hydrogen-bond acceptors (Lipinski definition) is 6. The number of rotatable bonds is 7. The first kappa shape index (κ1) is 20.1. The molecule has 3 rings (SSSR count). The van der Waals surface area contributed by atoms with Crippen molar-refractivity contribution in [2.24, 2.45) is 0 Å². The van der Waals surface area contributed by atoms with Crippen LogP contribution in [0.5, 0.6) is 5.88 Å². The highest BCUT2D eigenvalue weighted by Crippen LogP contribution is 2.39. The number of pyridine rings is 1. The van der Waals surface area contributed by atoms with Crippen molar-refractivity contribution >= 4 is 23.5 Å². The van der Waals surface area contributed by atoms with Gasteiger partial charge in [-0.25, -0.2) is 9.78 Å². The fourth-order valence-corrected chi connectivity index (χ4v) is 3.78. The maximum atomic E-state index is 12.9. The summed E-state index contributed by atoms with van der Waals surface area (Å²) >= 11 is 0. The molecule has 28 heavy (non-hydrogen) atoms. The summed E-state index contributed by atoms with van der Waals surface area (Å²) in [5.74, 6) is -0.298. The van der Waals surface area contributed by atoms with Gasteiger partial charge in [0.15, 0.2) is 0 Å². The molecule has 1 aromatic heterocycles. The van der Waals surface area contributed by atoms with Crippen molar-refractivity contribution in [3.05, 3.63) is 18.3 Å². The molecule has 0 bridgehead atoms. The summed E-state index contributed by atoms with van der Waals surface area (Å²) in [6.07, 6.45) is 5.65. The van der Waals surface area contributed by atoms with E-state index in [0.717, 1.165) is 24.2 Å². The van der Waals surface area contributed by atoms with Crippen molar-refractivity contribution in [1.29, 1.82) is 0 Å². The number of anilines is 1. The predicted octanol–water partition coefficient (Wildman–Crippen LogP) is 1.64. The fraction of sp³-hybridized carbons (Fsp3) is 0.579. The molecule has 0 radical (unpaired) electrons. The van der Waals surface area contributed by atoms with Crippen molar-refractivity contribution in [1.82, 2.24) is 14.8 Å². The van der Waals surface area contributed by atoms with Crippen LogP contribution in [0.4, 0.5) is 10.5 Å². The average molecular weight is 390 g/mol. The predicted molar refractivity (Wildman–Crippen MR) is 101 cm³/mol. The van der Waals surface area contributed by atoms with Gasteiger partial charge in [0.1, 0.15) is 18.7 Å². The zero-order valence-corrected chi connectivity index (χ0v) is 16.3. The van der Waals surface area contributed by atoms with Crippen molar-refractivity contribution in [2.45, 2.75) is 37.6 Å². The number of carbonyl (C=O) groups is 3. The van der Waals surface area contributed by atoms with E-state index >= 15 is 0 Å². The van der Waals surface area contributed by atoms with Gasteiger partial charge in [0.25, 0.3) is 5.91 Å². The molecule has 2 heterocycles. The van der Waals surface area contributed by atoms with Crippen LogP contribution in [-0.2, 0) is 14.3 Å². The van der Waals surface area contributed by atoms with E-state index in [1.54, 1.807) is 26.3 Å². The molecule has 4 amide bonds. The van der Waals surface area contributed by atoms with Crippen LogP contribution in [0.25, 0.3) is 0 Å². The molecule has 152 valence electrons. The Balaban J connectivity index is 1.58. The van der Waals surface area contributed by atoms with Crippen molar-refractivity contribution < 1.29 is 23.9 Å². The van der Waals surface area contributed by atoms with Crippen LogP contribution in [-0.4, -0.2) is 72.1 Å². The van der Waals surface area contributed by atoms with Gasteiger partial charge in [-0.3, -0.25) is 14.5 Å². The third-order valence-corrected chi connectivity index (χ3v) is 5.34. The number of nitrogens with zero attached hydrogens (tertiary/aromatic N) is 3. The summed E-state index contributed by atoms with van der Waals surface area (Å²) in [6, 6.07) is 2.86. The topological polar surface area (TPSA) is 101 Å².